The quantitative estimate of drug-likeness (QED) is 0.306. The number of furan rings is 1. The standard InChI is InChI=1S/C20H13NO3/c21-14-17(16-7-2-1-3-8-16)12-15-6-4-9-18(13-15)24-20(22)19-10-5-11-23-19/h1-13H/b17-12-. The van der Waals surface area contributed by atoms with Crippen LogP contribution < -0.4 is 4.74 Å². The Morgan fingerprint density at radius 1 is 1.04 bits per heavy atom. The summed E-state index contributed by atoms with van der Waals surface area (Å²) in [6.45, 7) is 0. The van der Waals surface area contributed by atoms with Crippen LogP contribution in [0.1, 0.15) is 21.7 Å². The van der Waals surface area contributed by atoms with Crippen LogP contribution in [0.2, 0.25) is 0 Å². The van der Waals surface area contributed by atoms with Crippen LogP contribution in [0.4, 0.5) is 0 Å². The predicted octanol–water partition coefficient (Wildman–Crippen LogP) is 4.56. The highest BCUT2D eigenvalue weighted by atomic mass is 16.5. The molecule has 0 N–H and O–H groups in total. The summed E-state index contributed by atoms with van der Waals surface area (Å²) in [5, 5.41) is 9.36. The second-order valence-electron chi connectivity index (χ2n) is 4.98. The molecule has 0 atom stereocenters. The summed E-state index contributed by atoms with van der Waals surface area (Å²) in [7, 11) is 0. The summed E-state index contributed by atoms with van der Waals surface area (Å²) < 4.78 is 10.3. The number of nitrogens with zero attached hydrogens (tertiary/aromatic N) is 1. The molecule has 0 aliphatic heterocycles. The Hall–Kier alpha value is -3.58. The molecule has 4 nitrogen and oxygen atoms in total. The molecule has 3 rings (SSSR count). The number of hydrogen-bond donors (Lipinski definition) is 0. The van der Waals surface area contributed by atoms with E-state index in [-0.39, 0.29) is 5.76 Å². The average Bonchev–Trinajstić information content (AvgIpc) is 3.15. The van der Waals surface area contributed by atoms with Crippen LogP contribution in [-0.2, 0) is 0 Å². The first-order chi connectivity index (χ1) is 11.8. The van der Waals surface area contributed by atoms with Crippen LogP contribution in [0.15, 0.2) is 77.4 Å². The highest BCUT2D eigenvalue weighted by Crippen LogP contribution is 2.21. The Labute approximate surface area is 139 Å². The predicted molar refractivity (Wildman–Crippen MR) is 90.0 cm³/mol. The van der Waals surface area contributed by atoms with Gasteiger partial charge in [0.1, 0.15) is 5.75 Å². The third kappa shape index (κ3) is 3.60. The number of carbonyl (C=O) groups excluding carboxylic acids is 1. The number of carbonyl (C=O) groups is 1. The maximum atomic E-state index is 11.9. The van der Waals surface area contributed by atoms with E-state index in [2.05, 4.69) is 6.07 Å². The van der Waals surface area contributed by atoms with E-state index in [1.54, 1.807) is 30.3 Å². The van der Waals surface area contributed by atoms with Crippen LogP contribution >= 0.6 is 0 Å². The van der Waals surface area contributed by atoms with Crippen molar-refractivity contribution in [2.45, 2.75) is 0 Å². The molecule has 0 saturated heterocycles. The zero-order valence-corrected chi connectivity index (χ0v) is 12.7. The number of ether oxygens (including phenoxy) is 1. The minimum atomic E-state index is -0.565. The minimum Gasteiger partial charge on any atom is -0.457 e. The van der Waals surface area contributed by atoms with Gasteiger partial charge in [0.05, 0.1) is 17.9 Å². The third-order valence-corrected chi connectivity index (χ3v) is 3.31. The zero-order valence-electron chi connectivity index (χ0n) is 12.7. The summed E-state index contributed by atoms with van der Waals surface area (Å²) in [5.74, 6) is -0.0434. The fraction of sp³-hybridized carbons (Fsp3) is 0. The van der Waals surface area contributed by atoms with Crippen LogP contribution in [0, 0.1) is 11.3 Å². The highest BCUT2D eigenvalue weighted by molar-refractivity contribution is 5.90. The SMILES string of the molecule is N#C/C(=C/c1cccc(OC(=O)c2ccco2)c1)c1ccccc1. The Balaban J connectivity index is 1.84. The van der Waals surface area contributed by atoms with E-state index < -0.39 is 5.97 Å². The Morgan fingerprint density at radius 2 is 1.88 bits per heavy atom. The van der Waals surface area contributed by atoms with Crippen molar-refractivity contribution < 1.29 is 13.9 Å². The summed E-state index contributed by atoms with van der Waals surface area (Å²) in [5.41, 5.74) is 2.13. The van der Waals surface area contributed by atoms with Crippen molar-refractivity contribution in [3.05, 3.63) is 89.9 Å². The molecule has 116 valence electrons. The van der Waals surface area contributed by atoms with Crippen LogP contribution in [-0.4, -0.2) is 5.97 Å². The molecule has 0 spiro atoms. The largest absolute Gasteiger partial charge is 0.457 e. The maximum Gasteiger partial charge on any atom is 0.379 e. The Morgan fingerprint density at radius 3 is 2.58 bits per heavy atom. The number of rotatable bonds is 4. The van der Waals surface area contributed by atoms with Gasteiger partial charge in [-0.15, -0.1) is 0 Å². The first kappa shape index (κ1) is 15.3. The van der Waals surface area contributed by atoms with E-state index >= 15 is 0 Å². The number of nitriles is 1. The molecule has 0 radical (unpaired) electrons. The van der Waals surface area contributed by atoms with Crippen molar-refractivity contribution in [3.63, 3.8) is 0 Å². The van der Waals surface area contributed by atoms with E-state index in [9.17, 15) is 10.1 Å². The lowest BCUT2D eigenvalue weighted by Crippen LogP contribution is -2.07. The smallest absolute Gasteiger partial charge is 0.379 e. The summed E-state index contributed by atoms with van der Waals surface area (Å²) in [6.07, 6.45) is 3.16. The monoisotopic (exact) mass is 315 g/mol. The van der Waals surface area contributed by atoms with Gasteiger partial charge in [-0.3, -0.25) is 0 Å². The zero-order chi connectivity index (χ0) is 16.8. The van der Waals surface area contributed by atoms with Crippen molar-refractivity contribution in [3.8, 4) is 11.8 Å². The van der Waals surface area contributed by atoms with Gasteiger partial charge >= 0.3 is 5.97 Å². The number of esters is 1. The van der Waals surface area contributed by atoms with E-state index in [0.717, 1.165) is 11.1 Å². The molecule has 0 saturated carbocycles. The Bertz CT molecular complexity index is 904. The molecule has 1 heterocycles. The van der Waals surface area contributed by atoms with Crippen molar-refractivity contribution in [2.75, 3.05) is 0 Å². The first-order valence-electron chi connectivity index (χ1n) is 7.29. The lowest BCUT2D eigenvalue weighted by atomic mass is 10.0. The van der Waals surface area contributed by atoms with E-state index in [4.69, 9.17) is 9.15 Å². The van der Waals surface area contributed by atoms with Gasteiger partial charge in [0, 0.05) is 0 Å². The van der Waals surface area contributed by atoms with Gasteiger partial charge in [0.2, 0.25) is 5.76 Å². The normalized spacial score (nSPS) is 10.9. The first-order valence-corrected chi connectivity index (χ1v) is 7.29. The van der Waals surface area contributed by atoms with E-state index in [1.165, 1.54) is 12.3 Å². The minimum absolute atomic E-state index is 0.137. The molecule has 2 aromatic carbocycles. The molecule has 0 fully saturated rings. The van der Waals surface area contributed by atoms with Crippen LogP contribution in [0.3, 0.4) is 0 Å². The van der Waals surface area contributed by atoms with Crippen molar-refractivity contribution in [1.29, 1.82) is 5.26 Å². The second kappa shape index (κ2) is 7.12. The van der Waals surface area contributed by atoms with Gasteiger partial charge in [-0.2, -0.15) is 5.26 Å². The second-order valence-corrected chi connectivity index (χ2v) is 4.98. The highest BCUT2D eigenvalue weighted by Gasteiger charge is 2.11. The summed E-state index contributed by atoms with van der Waals surface area (Å²) in [4.78, 5) is 11.9. The molecule has 0 aliphatic rings. The van der Waals surface area contributed by atoms with Crippen molar-refractivity contribution in [1.82, 2.24) is 0 Å². The van der Waals surface area contributed by atoms with E-state index in [1.807, 2.05) is 36.4 Å². The summed E-state index contributed by atoms with van der Waals surface area (Å²) in [6, 6.07) is 21.7. The summed E-state index contributed by atoms with van der Waals surface area (Å²) >= 11 is 0. The lowest BCUT2D eigenvalue weighted by Gasteiger charge is -2.04. The molecule has 4 heteroatoms. The molecule has 1 aromatic heterocycles. The fourth-order valence-electron chi connectivity index (χ4n) is 2.18. The molecule has 24 heavy (non-hydrogen) atoms. The van der Waals surface area contributed by atoms with Crippen LogP contribution in [0.5, 0.6) is 5.75 Å². The molecule has 0 amide bonds. The van der Waals surface area contributed by atoms with Gasteiger partial charge in [0.25, 0.3) is 0 Å². The van der Waals surface area contributed by atoms with Crippen molar-refractivity contribution >= 4 is 17.6 Å². The van der Waals surface area contributed by atoms with Gasteiger partial charge in [-0.05, 0) is 41.5 Å². The molecule has 3 aromatic rings. The molecule has 0 unspecified atom stereocenters. The molecular formula is C20H13NO3. The number of allylic oxidation sites excluding steroid dienone is 1. The topological polar surface area (TPSA) is 63.2 Å². The van der Waals surface area contributed by atoms with Crippen molar-refractivity contribution in [2.24, 2.45) is 0 Å². The van der Waals surface area contributed by atoms with Gasteiger partial charge in [-0.1, -0.05) is 42.5 Å². The maximum absolute atomic E-state index is 11.9. The van der Waals surface area contributed by atoms with Gasteiger partial charge in [0.15, 0.2) is 0 Å². The molecular weight excluding hydrogens is 302 g/mol. The van der Waals surface area contributed by atoms with Crippen LogP contribution in [0.25, 0.3) is 11.6 Å². The fourth-order valence-corrected chi connectivity index (χ4v) is 2.18. The number of hydrogen-bond acceptors (Lipinski definition) is 4. The number of benzene rings is 2. The third-order valence-electron chi connectivity index (χ3n) is 3.31. The lowest BCUT2D eigenvalue weighted by molar-refractivity contribution is 0.0701. The Kier molecular flexibility index (Phi) is 4.55. The molecule has 0 aliphatic carbocycles. The van der Waals surface area contributed by atoms with E-state index in [0.29, 0.717) is 11.3 Å². The van der Waals surface area contributed by atoms with Gasteiger partial charge < -0.3 is 9.15 Å². The average molecular weight is 315 g/mol. The molecule has 0 bridgehead atoms. The van der Waals surface area contributed by atoms with Gasteiger partial charge in [-0.25, -0.2) is 4.79 Å².